The predicted molar refractivity (Wildman–Crippen MR) is 67.7 cm³/mol. The molecule has 1 aliphatic rings. The van der Waals surface area contributed by atoms with E-state index in [1.165, 1.54) is 0 Å². The Morgan fingerprint density at radius 3 is 2.89 bits per heavy atom. The van der Waals surface area contributed by atoms with E-state index in [4.69, 9.17) is 11.0 Å². The minimum atomic E-state index is -0.249. The van der Waals surface area contributed by atoms with Gasteiger partial charge in [0.15, 0.2) is 0 Å². The zero-order valence-corrected chi connectivity index (χ0v) is 10.3. The molecule has 1 amide bonds. The van der Waals surface area contributed by atoms with E-state index in [1.54, 1.807) is 12.3 Å². The van der Waals surface area contributed by atoms with Gasteiger partial charge in [-0.1, -0.05) is 0 Å². The number of nitrogens with zero attached hydrogens (tertiary/aromatic N) is 3. The maximum absolute atomic E-state index is 11.3. The largest absolute Gasteiger partial charge is 0.369 e. The van der Waals surface area contributed by atoms with Crippen LogP contribution >= 0.6 is 0 Å². The third-order valence-corrected chi connectivity index (χ3v) is 3.46. The lowest BCUT2D eigenvalue weighted by Crippen LogP contribution is -2.46. The fourth-order valence-electron chi connectivity index (χ4n) is 2.28. The first-order valence-corrected chi connectivity index (χ1v) is 6.04. The van der Waals surface area contributed by atoms with Crippen molar-refractivity contribution >= 4 is 11.7 Å². The third kappa shape index (κ3) is 2.43. The summed E-state index contributed by atoms with van der Waals surface area (Å²) in [6, 6.07) is 5.93. The minimum absolute atomic E-state index is 0.112. The number of primary amides is 1. The van der Waals surface area contributed by atoms with Crippen molar-refractivity contribution in [3.05, 3.63) is 23.9 Å². The molecule has 5 heteroatoms. The third-order valence-electron chi connectivity index (χ3n) is 3.46. The highest BCUT2D eigenvalue weighted by Gasteiger charge is 2.29. The quantitative estimate of drug-likeness (QED) is 0.842. The number of nitriles is 1. The van der Waals surface area contributed by atoms with Crippen molar-refractivity contribution < 1.29 is 4.79 Å². The molecule has 18 heavy (non-hydrogen) atoms. The van der Waals surface area contributed by atoms with Gasteiger partial charge in [-0.15, -0.1) is 0 Å². The first kappa shape index (κ1) is 12.4. The van der Waals surface area contributed by atoms with Gasteiger partial charge in [-0.3, -0.25) is 4.79 Å². The van der Waals surface area contributed by atoms with Crippen LogP contribution in [0.3, 0.4) is 0 Å². The molecule has 1 saturated heterocycles. The van der Waals surface area contributed by atoms with Gasteiger partial charge in [0.05, 0.1) is 11.5 Å². The molecule has 94 valence electrons. The van der Waals surface area contributed by atoms with E-state index in [0.29, 0.717) is 18.2 Å². The van der Waals surface area contributed by atoms with E-state index in [-0.39, 0.29) is 11.8 Å². The molecule has 1 aromatic rings. The molecule has 0 bridgehead atoms. The lowest BCUT2D eigenvalue weighted by molar-refractivity contribution is -0.122. The Kier molecular flexibility index (Phi) is 3.47. The van der Waals surface area contributed by atoms with Crippen LogP contribution in [-0.2, 0) is 4.79 Å². The van der Waals surface area contributed by atoms with Gasteiger partial charge in [-0.05, 0) is 31.9 Å². The Hall–Kier alpha value is -2.09. The predicted octanol–water partition coefficient (Wildman–Crippen LogP) is 1.04. The second-order valence-electron chi connectivity index (χ2n) is 4.69. The molecule has 0 spiro atoms. The second kappa shape index (κ2) is 5.05. The zero-order chi connectivity index (χ0) is 13.1. The van der Waals surface area contributed by atoms with Crippen molar-refractivity contribution in [3.63, 3.8) is 0 Å². The minimum Gasteiger partial charge on any atom is -0.369 e. The van der Waals surface area contributed by atoms with Crippen molar-refractivity contribution in [3.8, 4) is 6.07 Å². The highest BCUT2D eigenvalue weighted by atomic mass is 16.1. The van der Waals surface area contributed by atoms with Crippen LogP contribution in [0.15, 0.2) is 18.3 Å². The maximum Gasteiger partial charge on any atom is 0.222 e. The fraction of sp³-hybridized carbons (Fsp3) is 0.462. The molecular weight excluding hydrogens is 228 g/mol. The average molecular weight is 244 g/mol. The molecule has 2 unspecified atom stereocenters. The second-order valence-corrected chi connectivity index (χ2v) is 4.69. The van der Waals surface area contributed by atoms with Crippen LogP contribution in [0.4, 0.5) is 5.82 Å². The smallest absolute Gasteiger partial charge is 0.222 e. The molecule has 5 nitrogen and oxygen atoms in total. The number of carbonyl (C=O) groups is 1. The number of aromatic nitrogens is 1. The van der Waals surface area contributed by atoms with Gasteiger partial charge in [0.25, 0.3) is 0 Å². The number of amides is 1. The Morgan fingerprint density at radius 1 is 1.56 bits per heavy atom. The van der Waals surface area contributed by atoms with E-state index < -0.39 is 0 Å². The summed E-state index contributed by atoms with van der Waals surface area (Å²) in [4.78, 5) is 17.6. The highest BCUT2D eigenvalue weighted by molar-refractivity contribution is 5.77. The van der Waals surface area contributed by atoms with Crippen LogP contribution in [0.5, 0.6) is 0 Å². The number of piperidine rings is 1. The van der Waals surface area contributed by atoms with E-state index in [9.17, 15) is 4.79 Å². The van der Waals surface area contributed by atoms with Crippen LogP contribution in [0.2, 0.25) is 0 Å². The number of anilines is 1. The first-order valence-electron chi connectivity index (χ1n) is 6.04. The standard InChI is InChI=1S/C13H16N4O/c1-9-2-4-11(13(15)18)8-17(9)12-5-3-10(6-14)7-16-12/h3,5,7,9,11H,2,4,8H2,1H3,(H2,15,18). The van der Waals surface area contributed by atoms with Gasteiger partial charge in [0.2, 0.25) is 5.91 Å². The summed E-state index contributed by atoms with van der Waals surface area (Å²) in [6.07, 6.45) is 3.31. The Bertz CT molecular complexity index is 477. The highest BCUT2D eigenvalue weighted by Crippen LogP contribution is 2.26. The number of hydrogen-bond acceptors (Lipinski definition) is 4. The van der Waals surface area contributed by atoms with Crippen molar-refractivity contribution in [1.29, 1.82) is 5.26 Å². The van der Waals surface area contributed by atoms with Crippen LogP contribution in [0.25, 0.3) is 0 Å². The number of rotatable bonds is 2. The summed E-state index contributed by atoms with van der Waals surface area (Å²) in [5.41, 5.74) is 5.91. The summed E-state index contributed by atoms with van der Waals surface area (Å²) in [5, 5.41) is 8.74. The molecule has 1 aliphatic heterocycles. The monoisotopic (exact) mass is 244 g/mol. The summed E-state index contributed by atoms with van der Waals surface area (Å²) >= 11 is 0. The molecular formula is C13H16N4O. The van der Waals surface area contributed by atoms with Crippen molar-refractivity contribution in [2.75, 3.05) is 11.4 Å². The molecule has 2 N–H and O–H groups in total. The van der Waals surface area contributed by atoms with E-state index in [0.717, 1.165) is 18.7 Å². The van der Waals surface area contributed by atoms with Gasteiger partial charge < -0.3 is 10.6 Å². The molecule has 0 aliphatic carbocycles. The topological polar surface area (TPSA) is 83.0 Å². The van der Waals surface area contributed by atoms with Crippen molar-refractivity contribution in [2.45, 2.75) is 25.8 Å². The van der Waals surface area contributed by atoms with Gasteiger partial charge in [0.1, 0.15) is 11.9 Å². The summed E-state index contributed by atoms with van der Waals surface area (Å²) < 4.78 is 0. The molecule has 0 aromatic carbocycles. The van der Waals surface area contributed by atoms with Crippen LogP contribution in [0, 0.1) is 17.2 Å². The van der Waals surface area contributed by atoms with Gasteiger partial charge in [-0.25, -0.2) is 4.98 Å². The number of pyridine rings is 1. The van der Waals surface area contributed by atoms with Gasteiger partial charge in [0, 0.05) is 18.8 Å². The van der Waals surface area contributed by atoms with Crippen LogP contribution < -0.4 is 10.6 Å². The maximum atomic E-state index is 11.3. The molecule has 0 saturated carbocycles. The van der Waals surface area contributed by atoms with Gasteiger partial charge in [-0.2, -0.15) is 5.26 Å². The molecule has 2 rings (SSSR count). The molecule has 0 radical (unpaired) electrons. The lowest BCUT2D eigenvalue weighted by atomic mass is 9.93. The van der Waals surface area contributed by atoms with Crippen LogP contribution in [0.1, 0.15) is 25.3 Å². The molecule has 1 aromatic heterocycles. The number of carbonyl (C=O) groups excluding carboxylic acids is 1. The van der Waals surface area contributed by atoms with Crippen LogP contribution in [-0.4, -0.2) is 23.5 Å². The summed E-state index contributed by atoms with van der Waals surface area (Å²) in [6.45, 7) is 2.71. The normalized spacial score (nSPS) is 23.4. The fourth-order valence-corrected chi connectivity index (χ4v) is 2.28. The summed E-state index contributed by atoms with van der Waals surface area (Å²) in [5.74, 6) is 0.437. The molecule has 1 fully saturated rings. The molecule has 2 heterocycles. The molecule has 2 atom stereocenters. The number of nitrogens with two attached hydrogens (primary N) is 1. The van der Waals surface area contributed by atoms with E-state index >= 15 is 0 Å². The SMILES string of the molecule is CC1CCC(C(N)=O)CN1c1ccc(C#N)cn1. The summed E-state index contributed by atoms with van der Waals surface area (Å²) in [7, 11) is 0. The Balaban J connectivity index is 2.19. The number of hydrogen-bond donors (Lipinski definition) is 1. The average Bonchev–Trinajstić information content (AvgIpc) is 2.39. The lowest BCUT2D eigenvalue weighted by Gasteiger charge is -2.37. The Labute approximate surface area is 106 Å². The first-order chi connectivity index (χ1) is 8.61. The van der Waals surface area contributed by atoms with E-state index in [1.807, 2.05) is 12.1 Å². The van der Waals surface area contributed by atoms with Crippen molar-refractivity contribution in [1.82, 2.24) is 4.98 Å². The van der Waals surface area contributed by atoms with Crippen molar-refractivity contribution in [2.24, 2.45) is 11.7 Å². The van der Waals surface area contributed by atoms with E-state index in [2.05, 4.69) is 16.8 Å². The Morgan fingerprint density at radius 2 is 2.33 bits per heavy atom. The zero-order valence-electron chi connectivity index (χ0n) is 10.3. The van der Waals surface area contributed by atoms with Gasteiger partial charge >= 0.3 is 0 Å².